The first kappa shape index (κ1) is 14.5. The van der Waals surface area contributed by atoms with Crippen LogP contribution in [0.2, 0.25) is 0 Å². The highest BCUT2D eigenvalue weighted by molar-refractivity contribution is 7.09. The van der Waals surface area contributed by atoms with Crippen molar-refractivity contribution >= 4 is 17.3 Å². The number of nitrogens with two attached hydrogens (primary N) is 1. The van der Waals surface area contributed by atoms with Gasteiger partial charge in [-0.25, -0.2) is 9.78 Å². The van der Waals surface area contributed by atoms with E-state index in [4.69, 9.17) is 10.5 Å². The minimum Gasteiger partial charge on any atom is -0.457 e. The molecule has 0 aromatic carbocycles. The van der Waals surface area contributed by atoms with Gasteiger partial charge < -0.3 is 10.5 Å². The van der Waals surface area contributed by atoms with Crippen LogP contribution in [0, 0.1) is 5.92 Å². The summed E-state index contributed by atoms with van der Waals surface area (Å²) in [6.45, 7) is 2.72. The first-order valence-electron chi connectivity index (χ1n) is 7.10. The van der Waals surface area contributed by atoms with Crippen molar-refractivity contribution in [2.75, 3.05) is 6.54 Å². The number of nitrogens with zero attached hydrogens (tertiary/aromatic N) is 1. The molecule has 1 saturated carbocycles. The number of ether oxygens (including phenoxy) is 1. The minimum atomic E-state index is -0.273. The minimum absolute atomic E-state index is 0.0749. The van der Waals surface area contributed by atoms with Gasteiger partial charge in [0.1, 0.15) is 6.10 Å². The molecule has 0 spiro atoms. The molecule has 1 aliphatic carbocycles. The molecular formula is C14H22N2O2S. The van der Waals surface area contributed by atoms with E-state index in [1.807, 2.05) is 0 Å². The van der Waals surface area contributed by atoms with E-state index >= 15 is 0 Å². The molecule has 19 heavy (non-hydrogen) atoms. The van der Waals surface area contributed by atoms with E-state index in [0.717, 1.165) is 30.7 Å². The van der Waals surface area contributed by atoms with Crippen LogP contribution in [0.3, 0.4) is 0 Å². The van der Waals surface area contributed by atoms with Crippen LogP contribution >= 0.6 is 11.3 Å². The van der Waals surface area contributed by atoms with Crippen molar-refractivity contribution in [1.29, 1.82) is 0 Å². The maximum Gasteiger partial charge on any atom is 0.358 e. The Balaban J connectivity index is 1.95. The van der Waals surface area contributed by atoms with Crippen molar-refractivity contribution in [1.82, 2.24) is 4.98 Å². The van der Waals surface area contributed by atoms with Crippen LogP contribution < -0.4 is 5.73 Å². The lowest BCUT2D eigenvalue weighted by Crippen LogP contribution is -2.29. The summed E-state index contributed by atoms with van der Waals surface area (Å²) >= 11 is 1.48. The van der Waals surface area contributed by atoms with Gasteiger partial charge >= 0.3 is 5.97 Å². The van der Waals surface area contributed by atoms with Crippen molar-refractivity contribution in [2.45, 2.75) is 51.6 Å². The van der Waals surface area contributed by atoms with E-state index in [1.165, 1.54) is 24.2 Å². The van der Waals surface area contributed by atoms with Crippen molar-refractivity contribution < 1.29 is 9.53 Å². The standard InChI is InChI=1S/C14H22N2O2S/c1-2-10-5-3-4-6-12(10)18-14(17)11-9-19-13(16-11)7-8-15/h9-10,12H,2-8,15H2,1H3. The molecule has 0 saturated heterocycles. The summed E-state index contributed by atoms with van der Waals surface area (Å²) < 4.78 is 5.65. The predicted octanol–water partition coefficient (Wildman–Crippen LogP) is 2.77. The summed E-state index contributed by atoms with van der Waals surface area (Å²) in [7, 11) is 0. The van der Waals surface area contributed by atoms with Crippen molar-refractivity contribution in [3.8, 4) is 0 Å². The SMILES string of the molecule is CCC1CCCCC1OC(=O)c1csc(CCN)n1. The summed E-state index contributed by atoms with van der Waals surface area (Å²) in [6, 6.07) is 0. The fourth-order valence-electron chi connectivity index (χ4n) is 2.64. The summed E-state index contributed by atoms with van der Waals surface area (Å²) in [4.78, 5) is 16.4. The molecule has 1 aromatic heterocycles. The molecule has 1 aliphatic rings. The molecule has 0 amide bonds. The van der Waals surface area contributed by atoms with Crippen molar-refractivity contribution in [2.24, 2.45) is 11.7 Å². The second kappa shape index (κ2) is 7.01. The molecule has 4 nitrogen and oxygen atoms in total. The Kier molecular flexibility index (Phi) is 5.34. The third kappa shape index (κ3) is 3.76. The molecule has 0 aliphatic heterocycles. The average Bonchev–Trinajstić information content (AvgIpc) is 2.88. The zero-order valence-corrected chi connectivity index (χ0v) is 12.2. The molecule has 5 heteroatoms. The molecular weight excluding hydrogens is 260 g/mol. The van der Waals surface area contributed by atoms with Gasteiger partial charge in [0, 0.05) is 11.8 Å². The van der Waals surface area contributed by atoms with Gasteiger partial charge in [0.2, 0.25) is 0 Å². The van der Waals surface area contributed by atoms with Gasteiger partial charge in [-0.15, -0.1) is 11.3 Å². The van der Waals surface area contributed by atoms with Crippen LogP contribution in [0.1, 0.15) is 54.5 Å². The van der Waals surface area contributed by atoms with Crippen LogP contribution in [0.25, 0.3) is 0 Å². The molecule has 1 fully saturated rings. The van der Waals surface area contributed by atoms with Gasteiger partial charge in [0.15, 0.2) is 5.69 Å². The monoisotopic (exact) mass is 282 g/mol. The Hall–Kier alpha value is -0.940. The largest absolute Gasteiger partial charge is 0.457 e. The maximum atomic E-state index is 12.1. The summed E-state index contributed by atoms with van der Waals surface area (Å²) in [6.07, 6.45) is 6.44. The number of esters is 1. The van der Waals surface area contributed by atoms with E-state index in [1.54, 1.807) is 5.38 Å². The fourth-order valence-corrected chi connectivity index (χ4v) is 3.42. The van der Waals surface area contributed by atoms with Crippen LogP contribution in [0.5, 0.6) is 0 Å². The van der Waals surface area contributed by atoms with Crippen LogP contribution in [-0.2, 0) is 11.2 Å². The van der Waals surface area contributed by atoms with Gasteiger partial charge in [-0.2, -0.15) is 0 Å². The highest BCUT2D eigenvalue weighted by Gasteiger charge is 2.27. The van der Waals surface area contributed by atoms with Crippen LogP contribution in [0.15, 0.2) is 5.38 Å². The maximum absolute atomic E-state index is 12.1. The Morgan fingerprint density at radius 3 is 3.05 bits per heavy atom. The zero-order chi connectivity index (χ0) is 13.7. The molecule has 2 N–H and O–H groups in total. The van der Waals surface area contributed by atoms with E-state index in [9.17, 15) is 4.79 Å². The Morgan fingerprint density at radius 1 is 1.53 bits per heavy atom. The normalized spacial score (nSPS) is 23.3. The Labute approximate surface area is 118 Å². The lowest BCUT2D eigenvalue weighted by Gasteiger charge is -2.30. The molecule has 106 valence electrons. The van der Waals surface area contributed by atoms with Gasteiger partial charge in [-0.3, -0.25) is 0 Å². The molecule has 2 atom stereocenters. The van der Waals surface area contributed by atoms with E-state index < -0.39 is 0 Å². The fraction of sp³-hybridized carbons (Fsp3) is 0.714. The topological polar surface area (TPSA) is 65.2 Å². The predicted molar refractivity (Wildman–Crippen MR) is 76.3 cm³/mol. The van der Waals surface area contributed by atoms with E-state index in [2.05, 4.69) is 11.9 Å². The number of carbonyl (C=O) groups excluding carboxylic acids is 1. The van der Waals surface area contributed by atoms with Crippen LogP contribution in [0.4, 0.5) is 0 Å². The van der Waals surface area contributed by atoms with Crippen molar-refractivity contribution in [3.05, 3.63) is 16.1 Å². The Bertz CT molecular complexity index is 419. The van der Waals surface area contributed by atoms with Crippen LogP contribution in [-0.4, -0.2) is 23.6 Å². The highest BCUT2D eigenvalue weighted by Crippen LogP contribution is 2.29. The highest BCUT2D eigenvalue weighted by atomic mass is 32.1. The Morgan fingerprint density at radius 2 is 2.32 bits per heavy atom. The average molecular weight is 282 g/mol. The number of hydrogen-bond donors (Lipinski definition) is 1. The van der Waals surface area contributed by atoms with Gasteiger partial charge in [0.25, 0.3) is 0 Å². The summed E-state index contributed by atoms with van der Waals surface area (Å²) in [5.74, 6) is 0.240. The van der Waals surface area contributed by atoms with Gasteiger partial charge in [0.05, 0.1) is 5.01 Å². The first-order valence-corrected chi connectivity index (χ1v) is 7.98. The van der Waals surface area contributed by atoms with Gasteiger partial charge in [-0.1, -0.05) is 13.3 Å². The van der Waals surface area contributed by atoms with Gasteiger partial charge in [-0.05, 0) is 38.1 Å². The molecule has 2 unspecified atom stereocenters. The molecule has 0 bridgehead atoms. The third-order valence-corrected chi connectivity index (χ3v) is 4.65. The number of thiazole rings is 1. The molecule has 2 rings (SSSR count). The van der Waals surface area contributed by atoms with E-state index in [0.29, 0.717) is 18.2 Å². The molecule has 1 aromatic rings. The second-order valence-electron chi connectivity index (χ2n) is 5.06. The quantitative estimate of drug-likeness (QED) is 0.843. The second-order valence-corrected chi connectivity index (χ2v) is 6.00. The number of carbonyl (C=O) groups is 1. The number of aromatic nitrogens is 1. The summed E-state index contributed by atoms with van der Waals surface area (Å²) in [5, 5.41) is 2.68. The summed E-state index contributed by atoms with van der Waals surface area (Å²) in [5.41, 5.74) is 5.92. The molecule has 0 radical (unpaired) electrons. The van der Waals surface area contributed by atoms with E-state index in [-0.39, 0.29) is 12.1 Å². The van der Waals surface area contributed by atoms with Crippen molar-refractivity contribution in [3.63, 3.8) is 0 Å². The zero-order valence-electron chi connectivity index (χ0n) is 11.4. The molecule has 1 heterocycles. The lowest BCUT2D eigenvalue weighted by molar-refractivity contribution is 0.000176. The smallest absolute Gasteiger partial charge is 0.358 e. The first-order chi connectivity index (χ1) is 9.24. The number of hydrogen-bond acceptors (Lipinski definition) is 5. The lowest BCUT2D eigenvalue weighted by atomic mass is 9.85. The third-order valence-electron chi connectivity index (χ3n) is 3.74. The number of rotatable bonds is 5.